The van der Waals surface area contributed by atoms with Gasteiger partial charge in [0.05, 0.1) is 0 Å². The quantitative estimate of drug-likeness (QED) is 0.836. The molecule has 0 radical (unpaired) electrons. The molecule has 2 amide bonds. The Labute approximate surface area is 156 Å². The maximum Gasteiger partial charge on any atom is 0.257 e. The minimum Gasteiger partial charge on any atom is -0.340 e. The lowest BCUT2D eigenvalue weighted by Crippen LogP contribution is -2.50. The average molecular weight is 378 g/mol. The van der Waals surface area contributed by atoms with E-state index in [0.717, 1.165) is 18.2 Å². The highest BCUT2D eigenvalue weighted by atomic mass is 19.1. The van der Waals surface area contributed by atoms with Gasteiger partial charge in [-0.25, -0.2) is 13.2 Å². The van der Waals surface area contributed by atoms with E-state index in [2.05, 4.69) is 5.32 Å². The highest BCUT2D eigenvalue weighted by molar-refractivity contribution is 5.98. The molecule has 0 aromatic heterocycles. The molecule has 2 aromatic rings. The zero-order valence-corrected chi connectivity index (χ0v) is 15.3. The van der Waals surface area contributed by atoms with Crippen LogP contribution < -0.4 is 5.32 Å². The standard InChI is InChI=1S/C20H21F3N2O2/c1-12(2)18(24-19(26)17-15(22)5-4-6-16(17)23)20(27)25(3)11-13-7-9-14(21)10-8-13/h4-10,12,18H,11H2,1-3H3,(H,24,26). The average Bonchev–Trinajstić information content (AvgIpc) is 2.60. The van der Waals surface area contributed by atoms with Crippen LogP contribution in [0.25, 0.3) is 0 Å². The summed E-state index contributed by atoms with van der Waals surface area (Å²) in [6.07, 6.45) is 0. The Morgan fingerprint density at radius 1 is 1.00 bits per heavy atom. The first-order chi connectivity index (χ1) is 12.7. The van der Waals surface area contributed by atoms with Gasteiger partial charge in [0.15, 0.2) is 0 Å². The molecule has 0 saturated carbocycles. The fraction of sp³-hybridized carbons (Fsp3) is 0.300. The minimum atomic E-state index is -0.998. The summed E-state index contributed by atoms with van der Waals surface area (Å²) in [7, 11) is 1.54. The van der Waals surface area contributed by atoms with Crippen LogP contribution in [0.5, 0.6) is 0 Å². The first kappa shape index (κ1) is 20.5. The van der Waals surface area contributed by atoms with Gasteiger partial charge in [0.1, 0.15) is 29.1 Å². The molecule has 1 unspecified atom stereocenters. The van der Waals surface area contributed by atoms with Gasteiger partial charge in [-0.2, -0.15) is 0 Å². The second-order valence-corrected chi connectivity index (χ2v) is 6.61. The third-order valence-corrected chi connectivity index (χ3v) is 4.12. The molecule has 0 aliphatic rings. The fourth-order valence-corrected chi connectivity index (χ4v) is 2.62. The van der Waals surface area contributed by atoms with Crippen LogP contribution in [0.4, 0.5) is 13.2 Å². The maximum absolute atomic E-state index is 13.8. The molecule has 1 N–H and O–H groups in total. The number of benzene rings is 2. The van der Waals surface area contributed by atoms with Crippen molar-refractivity contribution >= 4 is 11.8 Å². The summed E-state index contributed by atoms with van der Waals surface area (Å²) in [5.41, 5.74) is -0.0154. The molecule has 27 heavy (non-hydrogen) atoms. The number of nitrogens with zero attached hydrogens (tertiary/aromatic N) is 1. The molecular formula is C20H21F3N2O2. The number of rotatable bonds is 6. The van der Waals surface area contributed by atoms with E-state index in [1.807, 2.05) is 0 Å². The number of likely N-dealkylation sites (N-methyl/N-ethyl adjacent to an activating group) is 1. The van der Waals surface area contributed by atoms with Gasteiger partial charge in [-0.1, -0.05) is 32.0 Å². The van der Waals surface area contributed by atoms with Crippen LogP contribution in [0.15, 0.2) is 42.5 Å². The Balaban J connectivity index is 2.14. The Bertz CT molecular complexity index is 802. The number of amides is 2. The van der Waals surface area contributed by atoms with E-state index in [1.54, 1.807) is 26.0 Å². The topological polar surface area (TPSA) is 49.4 Å². The van der Waals surface area contributed by atoms with Gasteiger partial charge >= 0.3 is 0 Å². The summed E-state index contributed by atoms with van der Waals surface area (Å²) in [5.74, 6) is -4.10. The molecule has 0 heterocycles. The van der Waals surface area contributed by atoms with Crippen molar-refractivity contribution in [1.82, 2.24) is 10.2 Å². The van der Waals surface area contributed by atoms with E-state index in [-0.39, 0.29) is 18.3 Å². The van der Waals surface area contributed by atoms with Crippen molar-refractivity contribution in [3.63, 3.8) is 0 Å². The van der Waals surface area contributed by atoms with Gasteiger partial charge in [-0.3, -0.25) is 9.59 Å². The van der Waals surface area contributed by atoms with Crippen molar-refractivity contribution in [2.24, 2.45) is 5.92 Å². The third-order valence-electron chi connectivity index (χ3n) is 4.12. The van der Waals surface area contributed by atoms with Crippen molar-refractivity contribution in [1.29, 1.82) is 0 Å². The molecule has 1 atom stereocenters. The van der Waals surface area contributed by atoms with Crippen LogP contribution in [-0.4, -0.2) is 29.8 Å². The van der Waals surface area contributed by atoms with E-state index < -0.39 is 35.1 Å². The summed E-state index contributed by atoms with van der Waals surface area (Å²) in [6, 6.07) is 7.82. The highest BCUT2D eigenvalue weighted by Crippen LogP contribution is 2.15. The van der Waals surface area contributed by atoms with Crippen molar-refractivity contribution < 1.29 is 22.8 Å². The van der Waals surface area contributed by atoms with E-state index in [0.29, 0.717) is 5.56 Å². The largest absolute Gasteiger partial charge is 0.340 e. The summed E-state index contributed by atoms with van der Waals surface area (Å²) in [5, 5.41) is 2.42. The predicted molar refractivity (Wildman–Crippen MR) is 95.3 cm³/mol. The summed E-state index contributed by atoms with van der Waals surface area (Å²) in [6.45, 7) is 3.63. The molecule has 2 aromatic carbocycles. The lowest BCUT2D eigenvalue weighted by molar-refractivity contribution is -0.133. The normalized spacial score (nSPS) is 12.0. The predicted octanol–water partition coefficient (Wildman–Crippen LogP) is 3.52. The highest BCUT2D eigenvalue weighted by Gasteiger charge is 2.29. The first-order valence-corrected chi connectivity index (χ1v) is 8.45. The van der Waals surface area contributed by atoms with E-state index in [4.69, 9.17) is 0 Å². The fourth-order valence-electron chi connectivity index (χ4n) is 2.62. The number of carbonyl (C=O) groups is 2. The van der Waals surface area contributed by atoms with Crippen molar-refractivity contribution in [2.75, 3.05) is 7.05 Å². The van der Waals surface area contributed by atoms with Gasteiger partial charge < -0.3 is 10.2 Å². The summed E-state index contributed by atoms with van der Waals surface area (Å²) < 4.78 is 40.6. The Morgan fingerprint density at radius 3 is 2.07 bits per heavy atom. The Kier molecular flexibility index (Phi) is 6.60. The third kappa shape index (κ3) is 5.09. The second-order valence-electron chi connectivity index (χ2n) is 6.61. The van der Waals surface area contributed by atoms with Crippen LogP contribution in [0, 0.1) is 23.4 Å². The van der Waals surface area contributed by atoms with Gasteiger partial charge in [0.2, 0.25) is 5.91 Å². The van der Waals surface area contributed by atoms with Crippen LogP contribution in [-0.2, 0) is 11.3 Å². The molecule has 7 heteroatoms. The smallest absolute Gasteiger partial charge is 0.257 e. The van der Waals surface area contributed by atoms with Gasteiger partial charge in [-0.15, -0.1) is 0 Å². The van der Waals surface area contributed by atoms with Gasteiger partial charge in [0, 0.05) is 13.6 Å². The molecule has 0 saturated heterocycles. The zero-order chi connectivity index (χ0) is 20.1. The maximum atomic E-state index is 13.8. The first-order valence-electron chi connectivity index (χ1n) is 8.45. The molecule has 0 spiro atoms. The van der Waals surface area contributed by atoms with Gasteiger partial charge in [-0.05, 0) is 35.7 Å². The zero-order valence-electron chi connectivity index (χ0n) is 15.3. The SMILES string of the molecule is CC(C)C(NC(=O)c1c(F)cccc1F)C(=O)N(C)Cc1ccc(F)cc1. The van der Waals surface area contributed by atoms with Crippen LogP contribution in [0.3, 0.4) is 0 Å². The molecule has 0 aliphatic heterocycles. The molecule has 0 aliphatic carbocycles. The van der Waals surface area contributed by atoms with Crippen LogP contribution >= 0.6 is 0 Å². The Hall–Kier alpha value is -2.83. The van der Waals surface area contributed by atoms with Gasteiger partial charge in [0.25, 0.3) is 5.91 Å². The molecule has 0 bridgehead atoms. The summed E-state index contributed by atoms with van der Waals surface area (Å²) in [4.78, 5) is 26.4. The van der Waals surface area contributed by atoms with E-state index in [1.165, 1.54) is 24.1 Å². The van der Waals surface area contributed by atoms with Crippen LogP contribution in [0.2, 0.25) is 0 Å². The number of carbonyl (C=O) groups excluding carboxylic acids is 2. The molecule has 2 rings (SSSR count). The number of halogens is 3. The molecule has 0 fully saturated rings. The molecule has 4 nitrogen and oxygen atoms in total. The van der Waals surface area contributed by atoms with Crippen molar-refractivity contribution in [2.45, 2.75) is 26.4 Å². The monoisotopic (exact) mass is 378 g/mol. The van der Waals surface area contributed by atoms with E-state index >= 15 is 0 Å². The number of hydrogen-bond acceptors (Lipinski definition) is 2. The minimum absolute atomic E-state index is 0.201. The molecular weight excluding hydrogens is 357 g/mol. The second kappa shape index (κ2) is 8.70. The summed E-state index contributed by atoms with van der Waals surface area (Å²) >= 11 is 0. The molecule has 144 valence electrons. The van der Waals surface area contributed by atoms with Crippen molar-refractivity contribution in [3.8, 4) is 0 Å². The van der Waals surface area contributed by atoms with Crippen LogP contribution in [0.1, 0.15) is 29.8 Å². The lowest BCUT2D eigenvalue weighted by atomic mass is 10.0. The van der Waals surface area contributed by atoms with Crippen molar-refractivity contribution in [3.05, 3.63) is 71.0 Å². The Morgan fingerprint density at radius 2 is 1.56 bits per heavy atom. The number of hydrogen-bond donors (Lipinski definition) is 1. The van der Waals surface area contributed by atoms with E-state index in [9.17, 15) is 22.8 Å². The number of nitrogens with one attached hydrogen (secondary N) is 1. The lowest BCUT2D eigenvalue weighted by Gasteiger charge is -2.27.